The largest absolute Gasteiger partial charge is 0.389 e. The summed E-state index contributed by atoms with van der Waals surface area (Å²) in [6.07, 6.45) is 4.76. The zero-order valence-corrected chi connectivity index (χ0v) is 22.6. The molecule has 4 aromatic rings. The molecule has 0 spiro atoms. The lowest BCUT2D eigenvalue weighted by Crippen LogP contribution is -2.32. The molecule has 196 valence electrons. The maximum absolute atomic E-state index is 10.1. The van der Waals surface area contributed by atoms with Gasteiger partial charge >= 0.3 is 0 Å². The Morgan fingerprint density at radius 3 is 2.61 bits per heavy atom. The molecule has 4 N–H and O–H groups in total. The summed E-state index contributed by atoms with van der Waals surface area (Å²) in [4.78, 5) is 9.70. The third kappa shape index (κ3) is 5.28. The zero-order chi connectivity index (χ0) is 27.1. The van der Waals surface area contributed by atoms with E-state index < -0.39 is 5.60 Å². The van der Waals surface area contributed by atoms with Crippen molar-refractivity contribution in [3.8, 4) is 11.1 Å². The van der Waals surface area contributed by atoms with Gasteiger partial charge in [-0.15, -0.1) is 0 Å². The fourth-order valence-electron chi connectivity index (χ4n) is 4.61. The molecule has 1 aliphatic rings. The maximum Gasteiger partial charge on any atom is 0.165 e. The van der Waals surface area contributed by atoms with Crippen molar-refractivity contribution in [3.05, 3.63) is 76.5 Å². The molecule has 0 bridgehead atoms. The number of aryl methyl sites for hydroxylation is 2. The summed E-state index contributed by atoms with van der Waals surface area (Å²) in [5, 5.41) is 30.5. The van der Waals surface area contributed by atoms with Gasteiger partial charge in [-0.2, -0.15) is 0 Å². The maximum atomic E-state index is 10.1. The second kappa shape index (κ2) is 9.85. The molecule has 0 radical (unpaired) electrons. The Bertz CT molecular complexity index is 1530. The highest BCUT2D eigenvalue weighted by Gasteiger charge is 2.45. The molecule has 2 heterocycles. The Labute approximate surface area is 226 Å². The smallest absolute Gasteiger partial charge is 0.165 e. The number of allylic oxidation sites excluding steroid dienone is 1. The second-order valence-electron chi connectivity index (χ2n) is 10.5. The molecule has 9 heteroatoms. The number of aliphatic hydroxyl groups is 1. The Balaban J connectivity index is 1.63. The van der Waals surface area contributed by atoms with Crippen molar-refractivity contribution in [3.63, 3.8) is 0 Å². The van der Waals surface area contributed by atoms with E-state index >= 15 is 0 Å². The third-order valence-corrected chi connectivity index (χ3v) is 6.94. The SMILES string of the molecule is Cc1noc(C)c1-c1ccc2nc(/C(C=N)=C/NCC(C)(C)O)nc(NC3(c4cccc(Cl)c4)CC3)c2c1. The third-order valence-electron chi connectivity index (χ3n) is 6.71. The first-order valence-electron chi connectivity index (χ1n) is 12.5. The monoisotopic (exact) mass is 530 g/mol. The molecular weight excluding hydrogens is 500 g/mol. The average molecular weight is 531 g/mol. The summed E-state index contributed by atoms with van der Waals surface area (Å²) in [5.74, 6) is 1.83. The summed E-state index contributed by atoms with van der Waals surface area (Å²) in [6.45, 7) is 7.58. The van der Waals surface area contributed by atoms with Crippen molar-refractivity contribution in [1.29, 1.82) is 5.41 Å². The van der Waals surface area contributed by atoms with Crippen LogP contribution in [0.15, 0.2) is 53.2 Å². The molecule has 38 heavy (non-hydrogen) atoms. The highest BCUT2D eigenvalue weighted by molar-refractivity contribution is 6.30. The summed E-state index contributed by atoms with van der Waals surface area (Å²) in [6, 6.07) is 13.9. The molecule has 1 saturated carbocycles. The molecule has 8 nitrogen and oxygen atoms in total. The number of aromatic nitrogens is 3. The van der Waals surface area contributed by atoms with Crippen LogP contribution >= 0.6 is 11.6 Å². The van der Waals surface area contributed by atoms with E-state index in [-0.39, 0.29) is 5.54 Å². The zero-order valence-electron chi connectivity index (χ0n) is 21.9. The van der Waals surface area contributed by atoms with Crippen molar-refractivity contribution in [2.24, 2.45) is 0 Å². The number of nitrogens with one attached hydrogen (secondary N) is 3. The Hall–Kier alpha value is -3.75. The number of rotatable bonds is 9. The van der Waals surface area contributed by atoms with Gasteiger partial charge in [0.25, 0.3) is 0 Å². The molecule has 0 atom stereocenters. The summed E-state index contributed by atoms with van der Waals surface area (Å²) in [5.41, 5.74) is 3.91. The molecule has 0 amide bonds. The Morgan fingerprint density at radius 2 is 1.97 bits per heavy atom. The highest BCUT2D eigenvalue weighted by Crippen LogP contribution is 2.49. The van der Waals surface area contributed by atoms with Crippen LogP contribution in [0.2, 0.25) is 5.02 Å². The van der Waals surface area contributed by atoms with Gasteiger partial charge in [0.2, 0.25) is 0 Å². The number of nitrogens with zero attached hydrogens (tertiary/aromatic N) is 3. The topological polar surface area (TPSA) is 120 Å². The van der Waals surface area contributed by atoms with Crippen LogP contribution < -0.4 is 10.6 Å². The predicted molar refractivity (Wildman–Crippen MR) is 152 cm³/mol. The average Bonchev–Trinajstić information content (AvgIpc) is 3.58. The van der Waals surface area contributed by atoms with Crippen LogP contribution in [0.3, 0.4) is 0 Å². The van der Waals surface area contributed by atoms with E-state index in [1.807, 2.05) is 44.2 Å². The normalized spacial score (nSPS) is 14.9. The van der Waals surface area contributed by atoms with Crippen LogP contribution in [-0.4, -0.2) is 38.6 Å². The van der Waals surface area contributed by atoms with E-state index in [1.165, 1.54) is 6.21 Å². The number of fused-ring (bicyclic) bond motifs is 1. The lowest BCUT2D eigenvalue weighted by molar-refractivity contribution is 0.0836. The van der Waals surface area contributed by atoms with E-state index in [9.17, 15) is 5.11 Å². The lowest BCUT2D eigenvalue weighted by atomic mass is 10.0. The molecule has 0 aliphatic heterocycles. The van der Waals surface area contributed by atoms with Crippen molar-refractivity contribution < 1.29 is 9.63 Å². The van der Waals surface area contributed by atoms with Crippen molar-refractivity contribution in [1.82, 2.24) is 20.4 Å². The molecular formula is C29H31ClN6O2. The fourth-order valence-corrected chi connectivity index (χ4v) is 4.80. The molecule has 1 aliphatic carbocycles. The molecule has 1 fully saturated rings. The number of halogens is 1. The predicted octanol–water partition coefficient (Wildman–Crippen LogP) is 6.01. The van der Waals surface area contributed by atoms with E-state index in [0.717, 1.165) is 51.9 Å². The van der Waals surface area contributed by atoms with Crippen LogP contribution in [0.5, 0.6) is 0 Å². The first-order valence-corrected chi connectivity index (χ1v) is 12.9. The lowest BCUT2D eigenvalue weighted by Gasteiger charge is -2.21. The number of benzene rings is 2. The minimum absolute atomic E-state index is 0.282. The van der Waals surface area contributed by atoms with Crippen LogP contribution in [0, 0.1) is 19.3 Å². The summed E-state index contributed by atoms with van der Waals surface area (Å²) >= 11 is 6.32. The molecule has 5 rings (SSSR count). The molecule has 0 unspecified atom stereocenters. The minimum Gasteiger partial charge on any atom is -0.389 e. The van der Waals surface area contributed by atoms with Crippen LogP contribution in [0.4, 0.5) is 5.82 Å². The van der Waals surface area contributed by atoms with Gasteiger partial charge < -0.3 is 25.7 Å². The van der Waals surface area contributed by atoms with Crippen molar-refractivity contribution in [2.75, 3.05) is 11.9 Å². The van der Waals surface area contributed by atoms with E-state index in [1.54, 1.807) is 20.0 Å². The summed E-state index contributed by atoms with van der Waals surface area (Å²) in [7, 11) is 0. The number of hydrogen-bond donors (Lipinski definition) is 4. The first-order chi connectivity index (χ1) is 18.1. The second-order valence-corrected chi connectivity index (χ2v) is 10.9. The van der Waals surface area contributed by atoms with Gasteiger partial charge in [0.15, 0.2) is 5.82 Å². The summed E-state index contributed by atoms with van der Waals surface area (Å²) < 4.78 is 5.41. The number of hydrogen-bond acceptors (Lipinski definition) is 8. The van der Waals surface area contributed by atoms with Crippen molar-refractivity contribution in [2.45, 2.75) is 51.7 Å². The van der Waals surface area contributed by atoms with Gasteiger partial charge in [0.1, 0.15) is 11.6 Å². The van der Waals surface area contributed by atoms with Gasteiger partial charge in [-0.25, -0.2) is 9.97 Å². The van der Waals surface area contributed by atoms with E-state index in [0.29, 0.717) is 28.8 Å². The Morgan fingerprint density at radius 1 is 1.18 bits per heavy atom. The first kappa shape index (κ1) is 25.9. The van der Waals surface area contributed by atoms with E-state index in [2.05, 4.69) is 27.9 Å². The molecule has 2 aromatic carbocycles. The van der Waals surface area contributed by atoms with Crippen LogP contribution in [0.1, 0.15) is 49.5 Å². The van der Waals surface area contributed by atoms with Gasteiger partial charge in [0.05, 0.1) is 27.9 Å². The number of anilines is 1. The fraction of sp³-hybridized carbons (Fsp3) is 0.310. The van der Waals surface area contributed by atoms with E-state index in [4.69, 9.17) is 31.5 Å². The quantitative estimate of drug-likeness (QED) is 0.196. The Kier molecular flexibility index (Phi) is 6.71. The van der Waals surface area contributed by atoms with Gasteiger partial charge in [-0.3, -0.25) is 0 Å². The van der Waals surface area contributed by atoms with Crippen LogP contribution in [0.25, 0.3) is 27.6 Å². The minimum atomic E-state index is -0.898. The molecule has 2 aromatic heterocycles. The van der Waals surface area contributed by atoms with Crippen molar-refractivity contribution >= 4 is 40.1 Å². The standard InChI is InChI=1S/C29H31ClN6O2/c1-17-25(18(2)38-36-17)19-8-9-24-23(12-19)27(35-29(10-11-29)21-6-5-7-22(30)13-21)34-26(33-24)20(14-31)15-32-16-28(3,4)37/h5-9,12-15,31-32,37H,10-11,16H2,1-4H3,(H,33,34,35)/b20-15+,31-14?. The molecule has 0 saturated heterocycles. The van der Waals surface area contributed by atoms with Gasteiger partial charge in [0, 0.05) is 34.9 Å². The van der Waals surface area contributed by atoms with Gasteiger partial charge in [-0.05, 0) is 75.9 Å². The van der Waals surface area contributed by atoms with Crippen LogP contribution in [-0.2, 0) is 5.54 Å². The van der Waals surface area contributed by atoms with Gasteiger partial charge in [-0.1, -0.05) is 35.0 Å². The highest BCUT2D eigenvalue weighted by atomic mass is 35.5.